The molecule has 0 unspecified atom stereocenters. The number of rotatable bonds is 2. The molecule has 2 atom stereocenters. The average molecular weight is 283 g/mol. The molecule has 0 aromatic carbocycles. The van der Waals surface area contributed by atoms with Crippen molar-refractivity contribution in [1.29, 1.82) is 0 Å². The minimum absolute atomic E-state index is 0.234. The van der Waals surface area contributed by atoms with Gasteiger partial charge < -0.3 is 10.8 Å². The molecule has 0 bridgehead atoms. The van der Waals surface area contributed by atoms with Gasteiger partial charge in [0.1, 0.15) is 0 Å². The van der Waals surface area contributed by atoms with E-state index in [1.165, 1.54) is 0 Å². The Bertz CT molecular complexity index is 236. The third kappa shape index (κ3) is 2.14. The van der Waals surface area contributed by atoms with Gasteiger partial charge in [0.2, 0.25) is 0 Å². The second-order valence-corrected chi connectivity index (χ2v) is 4.51. The maximum absolute atomic E-state index is 9.20. The molecule has 0 radical (unpaired) electrons. The highest BCUT2D eigenvalue weighted by molar-refractivity contribution is 14.1. The van der Waals surface area contributed by atoms with Crippen molar-refractivity contribution in [2.45, 2.75) is 19.1 Å². The van der Waals surface area contributed by atoms with E-state index in [1.54, 1.807) is 18.3 Å². The zero-order valence-electron chi connectivity index (χ0n) is 6.12. The van der Waals surface area contributed by atoms with Crippen LogP contribution in [0.4, 0.5) is 0 Å². The Kier molecular flexibility index (Phi) is 3.29. The van der Waals surface area contributed by atoms with Gasteiger partial charge in [0, 0.05) is 8.45 Å². The Morgan fingerprint density at radius 1 is 1.73 bits per heavy atom. The van der Waals surface area contributed by atoms with Crippen molar-refractivity contribution < 1.29 is 5.11 Å². The molecule has 0 saturated heterocycles. The van der Waals surface area contributed by atoms with Crippen LogP contribution in [-0.2, 0) is 0 Å². The fourth-order valence-corrected chi connectivity index (χ4v) is 2.81. The van der Waals surface area contributed by atoms with E-state index < -0.39 is 6.10 Å². The van der Waals surface area contributed by atoms with Crippen molar-refractivity contribution in [2.75, 3.05) is 0 Å². The standard InChI is InChI=1S/C7H10INOS/c1-4(10)6(9)7-5(8)2-3-11-7/h2-4,6,10H,9H2,1H3/t4-,6+/m0/s1. The molecule has 62 valence electrons. The van der Waals surface area contributed by atoms with Crippen LogP contribution in [-0.4, -0.2) is 11.2 Å². The first kappa shape index (κ1) is 9.44. The maximum Gasteiger partial charge on any atom is 0.0713 e. The van der Waals surface area contributed by atoms with E-state index in [2.05, 4.69) is 22.6 Å². The van der Waals surface area contributed by atoms with Gasteiger partial charge in [0.15, 0.2) is 0 Å². The zero-order valence-corrected chi connectivity index (χ0v) is 9.09. The molecule has 0 aliphatic heterocycles. The van der Waals surface area contributed by atoms with Crippen molar-refractivity contribution in [1.82, 2.24) is 0 Å². The van der Waals surface area contributed by atoms with Gasteiger partial charge in [0.05, 0.1) is 12.1 Å². The van der Waals surface area contributed by atoms with Crippen LogP contribution in [0.2, 0.25) is 0 Å². The van der Waals surface area contributed by atoms with Gasteiger partial charge in [-0.3, -0.25) is 0 Å². The van der Waals surface area contributed by atoms with Gasteiger partial charge in [-0.2, -0.15) is 0 Å². The minimum Gasteiger partial charge on any atom is -0.391 e. The highest BCUT2D eigenvalue weighted by Crippen LogP contribution is 2.26. The fraction of sp³-hybridized carbons (Fsp3) is 0.429. The first-order valence-corrected chi connectivity index (χ1v) is 5.25. The van der Waals surface area contributed by atoms with Crippen molar-refractivity contribution in [3.05, 3.63) is 19.9 Å². The normalized spacial score (nSPS) is 16.4. The number of halogens is 1. The lowest BCUT2D eigenvalue weighted by Crippen LogP contribution is -2.22. The molecule has 4 heteroatoms. The Balaban J connectivity index is 2.84. The average Bonchev–Trinajstić information content (AvgIpc) is 2.33. The number of aliphatic hydroxyl groups excluding tert-OH is 1. The molecule has 1 aromatic rings. The van der Waals surface area contributed by atoms with E-state index in [4.69, 9.17) is 5.73 Å². The molecule has 0 aliphatic rings. The molecule has 2 nitrogen and oxygen atoms in total. The quantitative estimate of drug-likeness (QED) is 0.812. The van der Waals surface area contributed by atoms with Gasteiger partial charge in [0.25, 0.3) is 0 Å². The van der Waals surface area contributed by atoms with Gasteiger partial charge >= 0.3 is 0 Å². The summed E-state index contributed by atoms with van der Waals surface area (Å²) in [4.78, 5) is 1.07. The van der Waals surface area contributed by atoms with E-state index in [0.29, 0.717) is 0 Å². The summed E-state index contributed by atoms with van der Waals surface area (Å²) in [5.41, 5.74) is 5.74. The molecule has 11 heavy (non-hydrogen) atoms. The van der Waals surface area contributed by atoms with Gasteiger partial charge in [-0.25, -0.2) is 0 Å². The summed E-state index contributed by atoms with van der Waals surface area (Å²) in [6, 6.07) is 1.77. The third-order valence-corrected chi connectivity index (χ3v) is 3.79. The molecule has 1 heterocycles. The second kappa shape index (κ2) is 3.84. The number of hydrogen-bond donors (Lipinski definition) is 2. The van der Waals surface area contributed by atoms with Crippen LogP contribution in [0.3, 0.4) is 0 Å². The van der Waals surface area contributed by atoms with Crippen molar-refractivity contribution >= 4 is 33.9 Å². The van der Waals surface area contributed by atoms with Gasteiger partial charge in [-0.1, -0.05) is 0 Å². The first-order valence-electron chi connectivity index (χ1n) is 3.29. The molecule has 0 spiro atoms. The van der Waals surface area contributed by atoms with Crippen molar-refractivity contribution in [3.63, 3.8) is 0 Å². The first-order chi connectivity index (χ1) is 5.13. The topological polar surface area (TPSA) is 46.2 Å². The van der Waals surface area contributed by atoms with Gasteiger partial charge in [-0.15, -0.1) is 11.3 Å². The van der Waals surface area contributed by atoms with E-state index in [9.17, 15) is 5.11 Å². The zero-order chi connectivity index (χ0) is 8.43. The Hall–Kier alpha value is 0.350. The molecule has 0 amide bonds. The molecular formula is C7H10INOS. The van der Waals surface area contributed by atoms with Gasteiger partial charge in [-0.05, 0) is 41.0 Å². The second-order valence-electron chi connectivity index (χ2n) is 2.40. The number of thiophene rings is 1. The highest BCUT2D eigenvalue weighted by atomic mass is 127. The van der Waals surface area contributed by atoms with Crippen LogP contribution in [0.1, 0.15) is 17.8 Å². The predicted molar refractivity (Wildman–Crippen MR) is 55.6 cm³/mol. The predicted octanol–water partition coefficient (Wildman–Crippen LogP) is 1.73. The highest BCUT2D eigenvalue weighted by Gasteiger charge is 2.15. The monoisotopic (exact) mass is 283 g/mol. The van der Waals surface area contributed by atoms with Crippen LogP contribution in [0.25, 0.3) is 0 Å². The van der Waals surface area contributed by atoms with Crippen LogP contribution < -0.4 is 5.73 Å². The number of nitrogens with two attached hydrogens (primary N) is 1. The Morgan fingerprint density at radius 2 is 2.36 bits per heavy atom. The largest absolute Gasteiger partial charge is 0.391 e. The van der Waals surface area contributed by atoms with E-state index in [-0.39, 0.29) is 6.04 Å². The minimum atomic E-state index is -0.470. The van der Waals surface area contributed by atoms with Crippen molar-refractivity contribution in [2.24, 2.45) is 5.73 Å². The SMILES string of the molecule is C[C@H](O)[C@@H](N)c1sccc1I. The summed E-state index contributed by atoms with van der Waals surface area (Å²) in [6.07, 6.45) is -0.470. The molecule has 0 aliphatic carbocycles. The van der Waals surface area contributed by atoms with E-state index in [0.717, 1.165) is 8.45 Å². The summed E-state index contributed by atoms with van der Waals surface area (Å²) in [5, 5.41) is 11.2. The lowest BCUT2D eigenvalue weighted by molar-refractivity contribution is 0.165. The summed E-state index contributed by atoms with van der Waals surface area (Å²) in [6.45, 7) is 1.71. The fourth-order valence-electron chi connectivity index (χ4n) is 0.762. The lowest BCUT2D eigenvalue weighted by Gasteiger charge is -2.12. The Labute approximate surface area is 83.6 Å². The van der Waals surface area contributed by atoms with Crippen LogP contribution in [0.5, 0.6) is 0 Å². The van der Waals surface area contributed by atoms with E-state index >= 15 is 0 Å². The molecule has 3 N–H and O–H groups in total. The van der Waals surface area contributed by atoms with Crippen LogP contribution in [0.15, 0.2) is 11.4 Å². The number of hydrogen-bond acceptors (Lipinski definition) is 3. The van der Waals surface area contributed by atoms with Crippen LogP contribution in [0, 0.1) is 3.57 Å². The molecule has 1 aromatic heterocycles. The maximum atomic E-state index is 9.20. The third-order valence-electron chi connectivity index (χ3n) is 1.47. The summed E-state index contributed by atoms with van der Waals surface area (Å²) < 4.78 is 1.14. The lowest BCUT2D eigenvalue weighted by atomic mass is 10.2. The summed E-state index contributed by atoms with van der Waals surface area (Å²) in [7, 11) is 0. The van der Waals surface area contributed by atoms with E-state index in [1.807, 2.05) is 11.4 Å². The smallest absolute Gasteiger partial charge is 0.0713 e. The number of aliphatic hydroxyl groups is 1. The Morgan fingerprint density at radius 3 is 2.73 bits per heavy atom. The molecule has 1 rings (SSSR count). The van der Waals surface area contributed by atoms with Crippen LogP contribution >= 0.6 is 33.9 Å². The molecule has 0 fully saturated rings. The summed E-state index contributed by atoms with van der Waals surface area (Å²) in [5.74, 6) is 0. The summed E-state index contributed by atoms with van der Waals surface area (Å²) >= 11 is 3.82. The van der Waals surface area contributed by atoms with Crippen molar-refractivity contribution in [3.8, 4) is 0 Å². The molecular weight excluding hydrogens is 273 g/mol. The molecule has 0 saturated carbocycles.